The predicted octanol–water partition coefficient (Wildman–Crippen LogP) is 2.99. The first-order chi connectivity index (χ1) is 8.70. The summed E-state index contributed by atoms with van der Waals surface area (Å²) in [5.74, 6) is 1.15. The van der Waals surface area contributed by atoms with E-state index in [0.717, 1.165) is 24.2 Å². The smallest absolute Gasteiger partial charge is 0.222 e. The van der Waals surface area contributed by atoms with Gasteiger partial charge in [0.1, 0.15) is 11.9 Å². The van der Waals surface area contributed by atoms with Crippen LogP contribution in [-0.2, 0) is 11.3 Å². The van der Waals surface area contributed by atoms with Crippen LogP contribution in [0.4, 0.5) is 0 Å². The van der Waals surface area contributed by atoms with Gasteiger partial charge in [0.05, 0.1) is 6.54 Å². The van der Waals surface area contributed by atoms with Gasteiger partial charge in [-0.15, -0.1) is 0 Å². The maximum Gasteiger partial charge on any atom is 0.222 e. The second kappa shape index (κ2) is 5.89. The third kappa shape index (κ3) is 3.03. The fourth-order valence-electron chi connectivity index (χ4n) is 2.26. The van der Waals surface area contributed by atoms with Gasteiger partial charge in [-0.25, -0.2) is 0 Å². The SMILES string of the molecule is CCCCC(=O)N1Cc2ccccc2OC(C)C1. The number of benzene rings is 1. The van der Waals surface area contributed by atoms with Crippen LogP contribution in [0.5, 0.6) is 5.75 Å². The van der Waals surface area contributed by atoms with Crippen molar-refractivity contribution in [3.05, 3.63) is 29.8 Å². The second-order valence-electron chi connectivity index (χ2n) is 4.91. The fraction of sp³-hybridized carbons (Fsp3) is 0.533. The Morgan fingerprint density at radius 1 is 1.44 bits per heavy atom. The Morgan fingerprint density at radius 3 is 3.00 bits per heavy atom. The van der Waals surface area contributed by atoms with E-state index in [1.807, 2.05) is 36.1 Å². The molecule has 98 valence electrons. The van der Waals surface area contributed by atoms with Gasteiger partial charge in [0, 0.05) is 18.5 Å². The van der Waals surface area contributed by atoms with Gasteiger partial charge in [-0.05, 0) is 19.4 Å². The van der Waals surface area contributed by atoms with Crippen molar-refractivity contribution in [1.29, 1.82) is 0 Å². The van der Waals surface area contributed by atoms with E-state index in [4.69, 9.17) is 4.74 Å². The number of para-hydroxylation sites is 1. The first-order valence-electron chi connectivity index (χ1n) is 6.73. The summed E-state index contributed by atoms with van der Waals surface area (Å²) in [5, 5.41) is 0. The lowest BCUT2D eigenvalue weighted by Gasteiger charge is -2.22. The number of amides is 1. The summed E-state index contributed by atoms with van der Waals surface area (Å²) in [6.07, 6.45) is 2.72. The zero-order valence-corrected chi connectivity index (χ0v) is 11.2. The molecule has 1 unspecified atom stereocenters. The van der Waals surface area contributed by atoms with Gasteiger partial charge >= 0.3 is 0 Å². The number of rotatable bonds is 3. The molecule has 1 amide bonds. The second-order valence-corrected chi connectivity index (χ2v) is 4.91. The van der Waals surface area contributed by atoms with Crippen molar-refractivity contribution in [3.63, 3.8) is 0 Å². The monoisotopic (exact) mass is 247 g/mol. The first-order valence-corrected chi connectivity index (χ1v) is 6.73. The maximum absolute atomic E-state index is 12.1. The molecule has 0 radical (unpaired) electrons. The number of fused-ring (bicyclic) bond motifs is 1. The van der Waals surface area contributed by atoms with Gasteiger partial charge < -0.3 is 9.64 Å². The van der Waals surface area contributed by atoms with Gasteiger partial charge in [-0.1, -0.05) is 31.5 Å². The molecule has 0 saturated carbocycles. The zero-order valence-electron chi connectivity index (χ0n) is 11.2. The van der Waals surface area contributed by atoms with Gasteiger partial charge in [-0.2, -0.15) is 0 Å². The third-order valence-corrected chi connectivity index (χ3v) is 3.24. The van der Waals surface area contributed by atoms with Crippen LogP contribution in [0.15, 0.2) is 24.3 Å². The number of hydrogen-bond donors (Lipinski definition) is 0. The molecule has 18 heavy (non-hydrogen) atoms. The highest BCUT2D eigenvalue weighted by molar-refractivity contribution is 5.76. The molecular formula is C15H21NO2. The van der Waals surface area contributed by atoms with Crippen LogP contribution in [0.3, 0.4) is 0 Å². The topological polar surface area (TPSA) is 29.5 Å². The Morgan fingerprint density at radius 2 is 2.22 bits per heavy atom. The predicted molar refractivity (Wildman–Crippen MR) is 71.5 cm³/mol. The summed E-state index contributed by atoms with van der Waals surface area (Å²) in [7, 11) is 0. The van der Waals surface area contributed by atoms with Crippen molar-refractivity contribution in [2.24, 2.45) is 0 Å². The fourth-order valence-corrected chi connectivity index (χ4v) is 2.26. The van der Waals surface area contributed by atoms with E-state index in [-0.39, 0.29) is 12.0 Å². The summed E-state index contributed by atoms with van der Waals surface area (Å²) >= 11 is 0. The molecule has 3 nitrogen and oxygen atoms in total. The van der Waals surface area contributed by atoms with Crippen molar-refractivity contribution in [3.8, 4) is 5.75 Å². The number of carbonyl (C=O) groups excluding carboxylic acids is 1. The van der Waals surface area contributed by atoms with E-state index in [2.05, 4.69) is 6.92 Å². The lowest BCUT2D eigenvalue weighted by molar-refractivity contribution is -0.132. The van der Waals surface area contributed by atoms with Crippen molar-refractivity contribution in [2.45, 2.75) is 45.8 Å². The van der Waals surface area contributed by atoms with Gasteiger partial charge in [0.2, 0.25) is 5.91 Å². The van der Waals surface area contributed by atoms with Crippen LogP contribution >= 0.6 is 0 Å². The molecular weight excluding hydrogens is 226 g/mol. The van der Waals surface area contributed by atoms with Crippen molar-refractivity contribution < 1.29 is 9.53 Å². The number of carbonyl (C=O) groups is 1. The van der Waals surface area contributed by atoms with E-state index < -0.39 is 0 Å². The lowest BCUT2D eigenvalue weighted by Crippen LogP contribution is -2.35. The van der Waals surface area contributed by atoms with Crippen LogP contribution in [0.1, 0.15) is 38.7 Å². The van der Waals surface area contributed by atoms with Crippen LogP contribution in [0, 0.1) is 0 Å². The molecule has 0 fully saturated rings. The Balaban J connectivity index is 2.12. The molecule has 1 heterocycles. The van der Waals surface area contributed by atoms with E-state index in [0.29, 0.717) is 19.5 Å². The number of ether oxygens (including phenoxy) is 1. The summed E-state index contributed by atoms with van der Waals surface area (Å²) in [4.78, 5) is 14.1. The quantitative estimate of drug-likeness (QED) is 0.821. The highest BCUT2D eigenvalue weighted by Gasteiger charge is 2.22. The molecule has 0 saturated heterocycles. The van der Waals surface area contributed by atoms with Gasteiger partial charge in [0.15, 0.2) is 0 Å². The zero-order chi connectivity index (χ0) is 13.0. The Bertz CT molecular complexity index is 417. The van der Waals surface area contributed by atoms with Crippen LogP contribution in [0.25, 0.3) is 0 Å². The molecule has 1 aromatic carbocycles. The normalized spacial score (nSPS) is 18.8. The van der Waals surface area contributed by atoms with E-state index in [9.17, 15) is 4.79 Å². The third-order valence-electron chi connectivity index (χ3n) is 3.24. The Labute approximate surface area is 109 Å². The number of nitrogens with zero attached hydrogens (tertiary/aromatic N) is 1. The molecule has 0 bridgehead atoms. The molecule has 1 aromatic rings. The van der Waals surface area contributed by atoms with E-state index in [1.165, 1.54) is 0 Å². The van der Waals surface area contributed by atoms with Crippen molar-refractivity contribution >= 4 is 5.91 Å². The average molecular weight is 247 g/mol. The van der Waals surface area contributed by atoms with E-state index >= 15 is 0 Å². The van der Waals surface area contributed by atoms with Gasteiger partial charge in [-0.3, -0.25) is 4.79 Å². The standard InChI is InChI=1S/C15H21NO2/c1-3-4-9-15(17)16-10-12(2)18-14-8-6-5-7-13(14)11-16/h5-8,12H,3-4,9-11H2,1-2H3. The highest BCUT2D eigenvalue weighted by Crippen LogP contribution is 2.25. The van der Waals surface area contributed by atoms with Crippen molar-refractivity contribution in [2.75, 3.05) is 6.54 Å². The first kappa shape index (κ1) is 12.9. The molecule has 1 atom stereocenters. The molecule has 0 aliphatic carbocycles. The molecule has 2 rings (SSSR count). The maximum atomic E-state index is 12.1. The molecule has 1 aliphatic heterocycles. The summed E-state index contributed by atoms with van der Waals surface area (Å²) in [6, 6.07) is 7.98. The minimum absolute atomic E-state index is 0.0548. The molecule has 0 spiro atoms. The minimum atomic E-state index is 0.0548. The number of unbranched alkanes of at least 4 members (excludes halogenated alkanes) is 1. The highest BCUT2D eigenvalue weighted by atomic mass is 16.5. The van der Waals surface area contributed by atoms with Gasteiger partial charge in [0.25, 0.3) is 0 Å². The van der Waals surface area contributed by atoms with Crippen molar-refractivity contribution in [1.82, 2.24) is 4.90 Å². The summed E-state index contributed by atoms with van der Waals surface area (Å²) in [5.41, 5.74) is 1.10. The largest absolute Gasteiger partial charge is 0.489 e. The molecule has 0 N–H and O–H groups in total. The summed E-state index contributed by atoms with van der Waals surface area (Å²) < 4.78 is 5.85. The van der Waals surface area contributed by atoms with Crippen LogP contribution in [-0.4, -0.2) is 23.5 Å². The molecule has 0 aromatic heterocycles. The van der Waals surface area contributed by atoms with Crippen LogP contribution < -0.4 is 4.74 Å². The minimum Gasteiger partial charge on any atom is -0.489 e. The van der Waals surface area contributed by atoms with E-state index in [1.54, 1.807) is 0 Å². The average Bonchev–Trinajstić information content (AvgIpc) is 2.53. The Hall–Kier alpha value is -1.51. The molecule has 3 heteroatoms. The lowest BCUT2D eigenvalue weighted by atomic mass is 10.1. The molecule has 1 aliphatic rings. The number of hydrogen-bond acceptors (Lipinski definition) is 2. The Kier molecular flexibility index (Phi) is 4.24. The van der Waals surface area contributed by atoms with Crippen LogP contribution in [0.2, 0.25) is 0 Å². The summed E-state index contributed by atoms with van der Waals surface area (Å²) in [6.45, 7) is 5.47.